The van der Waals surface area contributed by atoms with Crippen LogP contribution in [0.4, 0.5) is 13.2 Å². The van der Waals surface area contributed by atoms with Crippen LogP contribution in [-0.2, 0) is 4.79 Å². The molecule has 0 fully saturated rings. The highest BCUT2D eigenvalue weighted by Gasteiger charge is 2.38. The fourth-order valence-electron chi connectivity index (χ4n) is 1.15. The summed E-state index contributed by atoms with van der Waals surface area (Å²) < 4.78 is 36.5. The molecule has 0 heterocycles. The van der Waals surface area contributed by atoms with Gasteiger partial charge in [-0.2, -0.15) is 13.2 Å². The van der Waals surface area contributed by atoms with E-state index in [2.05, 4.69) is 0 Å². The number of carbonyl (C=O) groups is 1. The van der Waals surface area contributed by atoms with Gasteiger partial charge in [-0.05, 0) is 12.8 Å². The zero-order valence-corrected chi connectivity index (χ0v) is 6.56. The molecule has 0 aromatic carbocycles. The number of allylic oxidation sites excluding steroid dienone is 2. The molecule has 1 rings (SSSR count). The minimum Gasteiger partial charge on any atom is -0.478 e. The lowest BCUT2D eigenvalue weighted by Crippen LogP contribution is -2.19. The van der Waals surface area contributed by atoms with Gasteiger partial charge in [0.1, 0.15) is 0 Å². The minimum atomic E-state index is -4.56. The predicted molar refractivity (Wildman–Crippen MR) is 39.1 cm³/mol. The van der Waals surface area contributed by atoms with Crippen LogP contribution in [0, 0.1) is 0 Å². The molecular formula is C8H7F3O2. The number of alkyl halides is 3. The molecule has 72 valence electrons. The highest BCUT2D eigenvalue weighted by Crippen LogP contribution is 2.34. The van der Waals surface area contributed by atoms with E-state index in [1.165, 1.54) is 0 Å². The van der Waals surface area contributed by atoms with Crippen LogP contribution in [0.15, 0.2) is 23.3 Å². The summed E-state index contributed by atoms with van der Waals surface area (Å²) in [6.07, 6.45) is -1.95. The van der Waals surface area contributed by atoms with E-state index in [0.717, 1.165) is 12.2 Å². The molecule has 0 aromatic rings. The van der Waals surface area contributed by atoms with Crippen LogP contribution < -0.4 is 0 Å². The second-order valence-corrected chi connectivity index (χ2v) is 2.62. The first-order valence-electron chi connectivity index (χ1n) is 3.64. The van der Waals surface area contributed by atoms with Gasteiger partial charge in [-0.15, -0.1) is 0 Å². The number of hydrogen-bond donors (Lipinski definition) is 1. The Morgan fingerprint density at radius 1 is 1.31 bits per heavy atom. The zero-order valence-electron chi connectivity index (χ0n) is 6.56. The lowest BCUT2D eigenvalue weighted by atomic mass is 9.97. The minimum absolute atomic E-state index is 0.242. The second-order valence-electron chi connectivity index (χ2n) is 2.62. The Hall–Kier alpha value is -1.26. The number of halogens is 3. The van der Waals surface area contributed by atoms with E-state index in [-0.39, 0.29) is 6.42 Å². The highest BCUT2D eigenvalue weighted by molar-refractivity contribution is 5.92. The molecule has 5 heteroatoms. The molecule has 0 bridgehead atoms. The van der Waals surface area contributed by atoms with Crippen molar-refractivity contribution in [1.29, 1.82) is 0 Å². The maximum absolute atomic E-state index is 12.2. The Morgan fingerprint density at radius 2 is 1.85 bits per heavy atom. The van der Waals surface area contributed by atoms with Gasteiger partial charge in [0.15, 0.2) is 0 Å². The molecule has 0 spiro atoms. The Morgan fingerprint density at radius 3 is 2.23 bits per heavy atom. The molecule has 1 aliphatic rings. The van der Waals surface area contributed by atoms with Crippen molar-refractivity contribution in [3.8, 4) is 0 Å². The second kappa shape index (κ2) is 3.24. The van der Waals surface area contributed by atoms with Crippen molar-refractivity contribution in [1.82, 2.24) is 0 Å². The molecule has 1 N–H and O–H groups in total. The van der Waals surface area contributed by atoms with Crippen molar-refractivity contribution in [2.45, 2.75) is 19.0 Å². The van der Waals surface area contributed by atoms with Gasteiger partial charge in [-0.25, -0.2) is 4.79 Å². The van der Waals surface area contributed by atoms with E-state index < -0.39 is 23.3 Å². The molecule has 0 unspecified atom stereocenters. The van der Waals surface area contributed by atoms with E-state index in [1.807, 2.05) is 0 Å². The number of carboxylic acids is 1. The van der Waals surface area contributed by atoms with Crippen LogP contribution in [0.25, 0.3) is 0 Å². The summed E-state index contributed by atoms with van der Waals surface area (Å²) in [5.74, 6) is -1.52. The average Bonchev–Trinajstić information content (AvgIpc) is 2.03. The summed E-state index contributed by atoms with van der Waals surface area (Å²) in [6, 6.07) is 0. The molecule has 0 radical (unpaired) electrons. The van der Waals surface area contributed by atoms with Crippen molar-refractivity contribution in [2.24, 2.45) is 0 Å². The first kappa shape index (κ1) is 9.83. The molecular weight excluding hydrogens is 185 g/mol. The van der Waals surface area contributed by atoms with Gasteiger partial charge in [0.05, 0.1) is 11.1 Å². The van der Waals surface area contributed by atoms with E-state index in [1.54, 1.807) is 0 Å². The molecule has 0 aliphatic heterocycles. The van der Waals surface area contributed by atoms with Crippen LogP contribution >= 0.6 is 0 Å². The molecule has 0 aromatic heterocycles. The summed E-state index contributed by atoms with van der Waals surface area (Å²) in [6.45, 7) is 0. The van der Waals surface area contributed by atoms with Crippen molar-refractivity contribution in [2.75, 3.05) is 0 Å². The molecule has 13 heavy (non-hydrogen) atoms. The Bertz CT molecular complexity index is 286. The van der Waals surface area contributed by atoms with E-state index >= 15 is 0 Å². The van der Waals surface area contributed by atoms with Crippen LogP contribution in [0.3, 0.4) is 0 Å². The quantitative estimate of drug-likeness (QED) is 0.691. The van der Waals surface area contributed by atoms with Gasteiger partial charge in [0, 0.05) is 0 Å². The van der Waals surface area contributed by atoms with Crippen LogP contribution in [-0.4, -0.2) is 17.3 Å². The standard InChI is InChI=1S/C8H7F3O2/c9-8(10,11)6-4-2-1-3-5(6)7(12)13/h3-4H,1-2H2,(H,12,13). The van der Waals surface area contributed by atoms with Gasteiger partial charge in [0.25, 0.3) is 0 Å². The molecule has 0 atom stereocenters. The van der Waals surface area contributed by atoms with Gasteiger partial charge < -0.3 is 5.11 Å². The predicted octanol–water partition coefficient (Wildman–Crippen LogP) is 2.28. The molecule has 0 saturated carbocycles. The molecule has 2 nitrogen and oxygen atoms in total. The Kier molecular flexibility index (Phi) is 2.45. The topological polar surface area (TPSA) is 37.3 Å². The largest absolute Gasteiger partial charge is 0.478 e. The lowest BCUT2D eigenvalue weighted by molar-refractivity contribution is -0.134. The summed E-state index contributed by atoms with van der Waals surface area (Å²) in [5, 5.41) is 8.46. The zero-order chi connectivity index (χ0) is 10.1. The molecule has 0 amide bonds. The van der Waals surface area contributed by atoms with Crippen LogP contribution in [0.2, 0.25) is 0 Å². The first-order valence-corrected chi connectivity index (χ1v) is 3.64. The first-order chi connectivity index (χ1) is 5.93. The van der Waals surface area contributed by atoms with Crippen molar-refractivity contribution >= 4 is 5.97 Å². The molecule has 1 aliphatic carbocycles. The fraction of sp³-hybridized carbons (Fsp3) is 0.375. The highest BCUT2D eigenvalue weighted by atomic mass is 19.4. The third-order valence-electron chi connectivity index (χ3n) is 1.69. The monoisotopic (exact) mass is 192 g/mol. The summed E-state index contributed by atoms with van der Waals surface area (Å²) in [4.78, 5) is 10.4. The SMILES string of the molecule is O=C(O)C1=CCCC=C1C(F)(F)F. The van der Waals surface area contributed by atoms with Crippen molar-refractivity contribution in [3.05, 3.63) is 23.3 Å². The maximum atomic E-state index is 12.2. The maximum Gasteiger partial charge on any atom is 0.416 e. The van der Waals surface area contributed by atoms with E-state index in [9.17, 15) is 18.0 Å². The van der Waals surface area contributed by atoms with Crippen LogP contribution in [0.1, 0.15) is 12.8 Å². The van der Waals surface area contributed by atoms with Gasteiger partial charge in [-0.1, -0.05) is 12.2 Å². The Labute approximate surface area is 72.4 Å². The Balaban J connectivity index is 3.02. The summed E-state index contributed by atoms with van der Waals surface area (Å²) in [7, 11) is 0. The van der Waals surface area contributed by atoms with E-state index in [4.69, 9.17) is 5.11 Å². The molecule has 0 saturated heterocycles. The lowest BCUT2D eigenvalue weighted by Gasteiger charge is -2.15. The van der Waals surface area contributed by atoms with Gasteiger partial charge in [0.2, 0.25) is 0 Å². The van der Waals surface area contributed by atoms with Gasteiger partial charge in [-0.3, -0.25) is 0 Å². The van der Waals surface area contributed by atoms with E-state index in [0.29, 0.717) is 6.42 Å². The third-order valence-corrected chi connectivity index (χ3v) is 1.69. The fourth-order valence-corrected chi connectivity index (χ4v) is 1.15. The smallest absolute Gasteiger partial charge is 0.416 e. The van der Waals surface area contributed by atoms with Gasteiger partial charge >= 0.3 is 12.1 Å². The average molecular weight is 192 g/mol. The van der Waals surface area contributed by atoms with Crippen molar-refractivity contribution < 1.29 is 23.1 Å². The number of hydrogen-bond acceptors (Lipinski definition) is 1. The number of carboxylic acid groups (broad SMARTS) is 1. The van der Waals surface area contributed by atoms with Crippen molar-refractivity contribution in [3.63, 3.8) is 0 Å². The number of rotatable bonds is 1. The third kappa shape index (κ3) is 2.11. The number of aliphatic carboxylic acids is 1. The summed E-state index contributed by atoms with van der Waals surface area (Å²) >= 11 is 0. The van der Waals surface area contributed by atoms with Crippen LogP contribution in [0.5, 0.6) is 0 Å². The normalized spacial score (nSPS) is 17.8. The summed E-state index contributed by atoms with van der Waals surface area (Å²) in [5.41, 5.74) is -1.68.